The van der Waals surface area contributed by atoms with E-state index in [1.165, 1.54) is 6.07 Å². The Kier molecular flexibility index (Phi) is 3.55. The lowest BCUT2D eigenvalue weighted by Gasteiger charge is -2.31. The number of hydrogen-bond donors (Lipinski definition) is 1. The molecule has 0 saturated carbocycles. The van der Waals surface area contributed by atoms with Crippen LogP contribution in [0.4, 0.5) is 4.39 Å². The molecule has 2 aromatic carbocycles. The lowest BCUT2D eigenvalue weighted by Crippen LogP contribution is -2.24. The maximum Gasteiger partial charge on any atom is 0.130 e. The Hall–Kier alpha value is -2.07. The molecule has 4 heteroatoms. The van der Waals surface area contributed by atoms with Gasteiger partial charge in [0.2, 0.25) is 0 Å². The Bertz CT molecular complexity index is 672. The summed E-state index contributed by atoms with van der Waals surface area (Å²) in [5.74, 6) is 1.18. The molecule has 0 fully saturated rings. The zero-order valence-corrected chi connectivity index (χ0v) is 12.1. The Labute approximate surface area is 123 Å². The van der Waals surface area contributed by atoms with Gasteiger partial charge in [-0.15, -0.1) is 0 Å². The number of rotatable bonds is 2. The molecule has 0 aliphatic carbocycles. The molecular formula is C17H18FNO2. The number of halogens is 1. The van der Waals surface area contributed by atoms with Crippen LogP contribution in [-0.4, -0.2) is 7.11 Å². The summed E-state index contributed by atoms with van der Waals surface area (Å²) in [6.45, 7) is 1.94. The van der Waals surface area contributed by atoms with Crippen LogP contribution in [-0.2, 0) is 0 Å². The summed E-state index contributed by atoms with van der Waals surface area (Å²) in [7, 11) is 1.61. The van der Waals surface area contributed by atoms with Crippen molar-refractivity contribution in [2.45, 2.75) is 25.5 Å². The standard InChI is InChI=1S/C17H18FNO2/c1-10-3-5-14(18)12(7-10)17-9-15(19)13-8-11(20-2)4-6-16(13)21-17/h3-8,15,17H,9,19H2,1-2H3. The molecular weight excluding hydrogens is 269 g/mol. The van der Waals surface area contributed by atoms with Crippen molar-refractivity contribution in [3.8, 4) is 11.5 Å². The van der Waals surface area contributed by atoms with E-state index >= 15 is 0 Å². The molecule has 0 aromatic heterocycles. The van der Waals surface area contributed by atoms with Crippen molar-refractivity contribution in [3.63, 3.8) is 0 Å². The molecule has 0 bridgehead atoms. The number of benzene rings is 2. The minimum absolute atomic E-state index is 0.200. The normalized spacial score (nSPS) is 20.6. The smallest absolute Gasteiger partial charge is 0.130 e. The fourth-order valence-corrected chi connectivity index (χ4v) is 2.71. The summed E-state index contributed by atoms with van der Waals surface area (Å²) in [6, 6.07) is 10.4. The van der Waals surface area contributed by atoms with Crippen LogP contribution in [0, 0.1) is 12.7 Å². The van der Waals surface area contributed by atoms with E-state index in [1.807, 2.05) is 31.2 Å². The largest absolute Gasteiger partial charge is 0.497 e. The average Bonchev–Trinajstić information content (AvgIpc) is 2.49. The van der Waals surface area contributed by atoms with E-state index in [4.69, 9.17) is 15.2 Å². The highest BCUT2D eigenvalue weighted by Gasteiger charge is 2.29. The highest BCUT2D eigenvalue weighted by Crippen LogP contribution is 2.41. The van der Waals surface area contributed by atoms with Gasteiger partial charge in [-0.05, 0) is 37.3 Å². The summed E-state index contributed by atoms with van der Waals surface area (Å²) >= 11 is 0. The van der Waals surface area contributed by atoms with E-state index < -0.39 is 0 Å². The first-order chi connectivity index (χ1) is 10.1. The van der Waals surface area contributed by atoms with Crippen LogP contribution in [0.2, 0.25) is 0 Å². The van der Waals surface area contributed by atoms with E-state index in [9.17, 15) is 4.39 Å². The number of aryl methyl sites for hydroxylation is 1. The number of nitrogens with two attached hydrogens (primary N) is 1. The summed E-state index contributed by atoms with van der Waals surface area (Å²) in [6.07, 6.45) is 0.182. The molecule has 2 atom stereocenters. The van der Waals surface area contributed by atoms with E-state index in [2.05, 4.69) is 0 Å². The molecule has 2 aromatic rings. The molecule has 0 spiro atoms. The lowest BCUT2D eigenvalue weighted by molar-refractivity contribution is 0.157. The van der Waals surface area contributed by atoms with Crippen molar-refractivity contribution in [1.29, 1.82) is 0 Å². The maximum atomic E-state index is 14.0. The van der Waals surface area contributed by atoms with Gasteiger partial charge in [0.1, 0.15) is 23.4 Å². The molecule has 1 aliphatic rings. The van der Waals surface area contributed by atoms with Gasteiger partial charge in [0.15, 0.2) is 0 Å². The van der Waals surface area contributed by atoms with Crippen LogP contribution in [0.3, 0.4) is 0 Å². The molecule has 110 valence electrons. The zero-order chi connectivity index (χ0) is 15.0. The number of hydrogen-bond acceptors (Lipinski definition) is 3. The highest BCUT2D eigenvalue weighted by molar-refractivity contribution is 5.44. The minimum atomic E-state index is -0.360. The Morgan fingerprint density at radius 2 is 2.00 bits per heavy atom. The third-order valence-corrected chi connectivity index (χ3v) is 3.85. The predicted molar refractivity (Wildman–Crippen MR) is 79.0 cm³/mol. The fourth-order valence-electron chi connectivity index (χ4n) is 2.71. The third-order valence-electron chi connectivity index (χ3n) is 3.85. The first kappa shape index (κ1) is 13.9. The maximum absolute atomic E-state index is 14.0. The molecule has 0 amide bonds. The molecule has 0 saturated heterocycles. The van der Waals surface area contributed by atoms with Crippen molar-refractivity contribution in [1.82, 2.24) is 0 Å². The minimum Gasteiger partial charge on any atom is -0.497 e. The second-order valence-corrected chi connectivity index (χ2v) is 5.38. The summed E-state index contributed by atoms with van der Waals surface area (Å²) in [5, 5.41) is 0. The Morgan fingerprint density at radius 1 is 1.19 bits per heavy atom. The van der Waals surface area contributed by atoms with Gasteiger partial charge >= 0.3 is 0 Å². The second kappa shape index (κ2) is 5.37. The van der Waals surface area contributed by atoms with Crippen LogP contribution < -0.4 is 15.2 Å². The van der Waals surface area contributed by atoms with Crippen LogP contribution >= 0.6 is 0 Å². The van der Waals surface area contributed by atoms with Crippen molar-refractivity contribution in [2.75, 3.05) is 7.11 Å². The molecule has 3 rings (SSSR count). The van der Waals surface area contributed by atoms with E-state index in [1.54, 1.807) is 13.2 Å². The van der Waals surface area contributed by atoms with E-state index in [-0.39, 0.29) is 18.0 Å². The van der Waals surface area contributed by atoms with Gasteiger partial charge in [0.25, 0.3) is 0 Å². The number of methoxy groups -OCH3 is 1. The summed E-state index contributed by atoms with van der Waals surface area (Å²) in [5.41, 5.74) is 8.70. The van der Waals surface area contributed by atoms with Crippen LogP contribution in [0.5, 0.6) is 11.5 Å². The summed E-state index contributed by atoms with van der Waals surface area (Å²) < 4.78 is 25.2. The molecule has 2 N–H and O–H groups in total. The molecule has 1 aliphatic heterocycles. The first-order valence-corrected chi connectivity index (χ1v) is 6.94. The quantitative estimate of drug-likeness (QED) is 0.916. The van der Waals surface area contributed by atoms with Crippen molar-refractivity contribution in [2.24, 2.45) is 5.73 Å². The number of fused-ring (bicyclic) bond motifs is 1. The number of ether oxygens (including phenoxy) is 2. The van der Waals surface area contributed by atoms with Crippen molar-refractivity contribution >= 4 is 0 Å². The molecule has 3 nitrogen and oxygen atoms in total. The lowest BCUT2D eigenvalue weighted by atomic mass is 9.92. The fraction of sp³-hybridized carbons (Fsp3) is 0.294. The SMILES string of the molecule is COc1ccc2c(c1)C(N)CC(c1cc(C)ccc1F)O2. The molecule has 21 heavy (non-hydrogen) atoms. The van der Waals surface area contributed by atoms with Gasteiger partial charge in [-0.1, -0.05) is 11.6 Å². The van der Waals surface area contributed by atoms with Gasteiger partial charge in [0.05, 0.1) is 7.11 Å². The van der Waals surface area contributed by atoms with Gasteiger partial charge in [-0.2, -0.15) is 0 Å². The topological polar surface area (TPSA) is 44.5 Å². The average molecular weight is 287 g/mol. The summed E-state index contributed by atoms with van der Waals surface area (Å²) in [4.78, 5) is 0. The monoisotopic (exact) mass is 287 g/mol. The van der Waals surface area contributed by atoms with E-state index in [0.717, 1.165) is 16.9 Å². The van der Waals surface area contributed by atoms with Gasteiger partial charge in [0, 0.05) is 23.6 Å². The van der Waals surface area contributed by atoms with Crippen LogP contribution in [0.15, 0.2) is 36.4 Å². The van der Waals surface area contributed by atoms with Gasteiger partial charge in [-0.3, -0.25) is 0 Å². The highest BCUT2D eigenvalue weighted by atomic mass is 19.1. The van der Waals surface area contributed by atoms with Gasteiger partial charge < -0.3 is 15.2 Å². The van der Waals surface area contributed by atoms with Crippen molar-refractivity contribution in [3.05, 3.63) is 58.9 Å². The van der Waals surface area contributed by atoms with Crippen LogP contribution in [0.25, 0.3) is 0 Å². The van der Waals surface area contributed by atoms with Crippen molar-refractivity contribution < 1.29 is 13.9 Å². The molecule has 0 radical (unpaired) electrons. The third kappa shape index (κ3) is 2.59. The second-order valence-electron chi connectivity index (χ2n) is 5.38. The molecule has 1 heterocycles. The Morgan fingerprint density at radius 3 is 2.76 bits per heavy atom. The first-order valence-electron chi connectivity index (χ1n) is 6.94. The van der Waals surface area contributed by atoms with E-state index in [0.29, 0.717) is 17.7 Å². The zero-order valence-electron chi connectivity index (χ0n) is 12.1. The molecule has 2 unspecified atom stereocenters. The predicted octanol–water partition coefficient (Wildman–Crippen LogP) is 3.67. The van der Waals surface area contributed by atoms with Crippen LogP contribution in [0.1, 0.15) is 35.3 Å². The van der Waals surface area contributed by atoms with Gasteiger partial charge in [-0.25, -0.2) is 4.39 Å². The Balaban J connectivity index is 1.96.